The van der Waals surface area contributed by atoms with Crippen LogP contribution < -0.4 is 10.1 Å². The van der Waals surface area contributed by atoms with Crippen molar-refractivity contribution in [2.24, 2.45) is 5.92 Å². The largest absolute Gasteiger partial charge is 0.495 e. The van der Waals surface area contributed by atoms with E-state index in [1.165, 1.54) is 30.5 Å². The average molecular weight is 230 g/mol. The van der Waals surface area contributed by atoms with Gasteiger partial charge in [0.25, 0.3) is 0 Å². The Morgan fingerprint density at radius 1 is 1.41 bits per heavy atom. The number of nitrogens with one attached hydrogen (secondary N) is 1. The maximum atomic E-state index is 5.23. The summed E-state index contributed by atoms with van der Waals surface area (Å²) in [4.78, 5) is 4.23. The highest BCUT2D eigenvalue weighted by atomic mass is 16.5. The number of nitrogens with zero attached hydrogens (tertiary/aromatic N) is 1. The van der Waals surface area contributed by atoms with Crippen LogP contribution in [0.2, 0.25) is 0 Å². The van der Waals surface area contributed by atoms with Crippen molar-refractivity contribution in [3.63, 3.8) is 0 Å². The predicted molar refractivity (Wildman–Crippen MR) is 67.9 cm³/mol. The lowest BCUT2D eigenvalue weighted by Gasteiger charge is -2.25. The Morgan fingerprint density at radius 3 is 3.18 bits per heavy atom. The summed E-state index contributed by atoms with van der Waals surface area (Å²) >= 11 is 0. The van der Waals surface area contributed by atoms with Gasteiger partial charge in [-0.15, -0.1) is 0 Å². The van der Waals surface area contributed by atoms with Crippen LogP contribution in [-0.2, 0) is 0 Å². The molecule has 3 rings (SSSR count). The molecule has 0 bridgehead atoms. The lowest BCUT2D eigenvalue weighted by Crippen LogP contribution is -2.37. The Labute approximate surface area is 102 Å². The molecule has 90 valence electrons. The van der Waals surface area contributed by atoms with Gasteiger partial charge in [0, 0.05) is 12.2 Å². The second-order valence-corrected chi connectivity index (χ2v) is 4.88. The maximum Gasteiger partial charge on any atom is 0.137 e. The number of methoxy groups -OCH3 is 1. The van der Waals surface area contributed by atoms with E-state index in [2.05, 4.69) is 22.4 Å². The van der Waals surface area contributed by atoms with Crippen LogP contribution in [0.1, 0.15) is 24.8 Å². The Bertz CT molecular complexity index is 442. The third kappa shape index (κ3) is 2.07. The highest BCUT2D eigenvalue weighted by Gasteiger charge is 2.29. The molecule has 1 aliphatic carbocycles. The minimum Gasteiger partial charge on any atom is -0.495 e. The number of ether oxygens (including phenoxy) is 1. The van der Waals surface area contributed by atoms with Gasteiger partial charge in [0.1, 0.15) is 5.75 Å². The van der Waals surface area contributed by atoms with Crippen molar-refractivity contribution in [3.05, 3.63) is 30.1 Å². The fourth-order valence-corrected chi connectivity index (χ4v) is 2.88. The second-order valence-electron chi connectivity index (χ2n) is 4.88. The molecule has 2 heterocycles. The summed E-state index contributed by atoms with van der Waals surface area (Å²) in [5.74, 6) is 1.55. The first kappa shape index (κ1) is 10.8. The monoisotopic (exact) mass is 230 g/mol. The summed E-state index contributed by atoms with van der Waals surface area (Å²) in [5, 5.41) is 3.61. The van der Waals surface area contributed by atoms with Crippen molar-refractivity contribution in [3.8, 4) is 5.75 Å². The van der Waals surface area contributed by atoms with Crippen LogP contribution in [0.3, 0.4) is 0 Å². The van der Waals surface area contributed by atoms with E-state index < -0.39 is 0 Å². The number of hydrogen-bond donors (Lipinski definition) is 1. The fraction of sp³-hybridized carbons (Fsp3) is 0.500. The van der Waals surface area contributed by atoms with Gasteiger partial charge in [-0.2, -0.15) is 0 Å². The Hall–Kier alpha value is -1.35. The molecule has 0 unspecified atom stereocenters. The smallest absolute Gasteiger partial charge is 0.137 e. The van der Waals surface area contributed by atoms with Gasteiger partial charge in [-0.3, -0.25) is 4.98 Å². The quantitative estimate of drug-likeness (QED) is 0.846. The minimum atomic E-state index is 0.643. The van der Waals surface area contributed by atoms with Gasteiger partial charge in [-0.05, 0) is 48.9 Å². The first-order valence-electron chi connectivity index (χ1n) is 6.30. The summed E-state index contributed by atoms with van der Waals surface area (Å²) in [7, 11) is 1.69. The number of fused-ring (bicyclic) bond motifs is 1. The number of piperidine rings is 1. The van der Waals surface area contributed by atoms with Crippen molar-refractivity contribution in [2.75, 3.05) is 13.7 Å². The number of aromatic nitrogens is 1. The first-order valence-corrected chi connectivity index (χ1v) is 6.30. The van der Waals surface area contributed by atoms with Crippen LogP contribution in [0.25, 0.3) is 5.57 Å². The van der Waals surface area contributed by atoms with E-state index in [0.717, 1.165) is 12.2 Å². The molecule has 1 aliphatic heterocycles. The zero-order chi connectivity index (χ0) is 11.7. The van der Waals surface area contributed by atoms with E-state index in [4.69, 9.17) is 4.74 Å². The molecule has 1 aromatic rings. The van der Waals surface area contributed by atoms with Crippen LogP contribution in [0.4, 0.5) is 0 Å². The van der Waals surface area contributed by atoms with Crippen molar-refractivity contribution in [2.45, 2.75) is 25.3 Å². The molecule has 0 radical (unpaired) electrons. The molecule has 3 heteroatoms. The average Bonchev–Trinajstić information content (AvgIpc) is 2.82. The Kier molecular flexibility index (Phi) is 2.85. The number of pyridine rings is 1. The summed E-state index contributed by atoms with van der Waals surface area (Å²) in [5.41, 5.74) is 2.63. The number of rotatable bonds is 2. The third-order valence-corrected chi connectivity index (χ3v) is 3.81. The Balaban J connectivity index is 1.84. The highest BCUT2D eigenvalue weighted by molar-refractivity contribution is 5.69. The van der Waals surface area contributed by atoms with Gasteiger partial charge in [0.05, 0.1) is 13.3 Å². The van der Waals surface area contributed by atoms with Gasteiger partial charge in [-0.1, -0.05) is 6.08 Å². The molecule has 2 atom stereocenters. The zero-order valence-electron chi connectivity index (χ0n) is 10.1. The van der Waals surface area contributed by atoms with Gasteiger partial charge in [0.15, 0.2) is 0 Å². The van der Waals surface area contributed by atoms with Crippen LogP contribution in [0, 0.1) is 5.92 Å². The normalized spacial score (nSPS) is 27.5. The van der Waals surface area contributed by atoms with Crippen molar-refractivity contribution in [1.82, 2.24) is 10.3 Å². The standard InChI is InChI=1S/C14H18N2O/c1-17-13-6-12(8-15-9-13)11-5-10-3-2-4-16-14(10)7-11/h5-6,8-10,14,16H,2-4,7H2,1H3/t10-,14+/m1/s1. The van der Waals surface area contributed by atoms with Gasteiger partial charge < -0.3 is 10.1 Å². The molecular weight excluding hydrogens is 212 g/mol. The predicted octanol–water partition coefficient (Wildman–Crippen LogP) is 2.25. The van der Waals surface area contributed by atoms with E-state index in [9.17, 15) is 0 Å². The molecule has 1 N–H and O–H groups in total. The van der Waals surface area contributed by atoms with Crippen molar-refractivity contribution < 1.29 is 4.74 Å². The molecule has 1 saturated heterocycles. The Morgan fingerprint density at radius 2 is 2.35 bits per heavy atom. The molecule has 0 aromatic carbocycles. The van der Waals surface area contributed by atoms with E-state index in [-0.39, 0.29) is 0 Å². The first-order chi connectivity index (χ1) is 8.36. The van der Waals surface area contributed by atoms with E-state index in [0.29, 0.717) is 12.0 Å². The van der Waals surface area contributed by atoms with Gasteiger partial charge in [0.2, 0.25) is 0 Å². The lowest BCUT2D eigenvalue weighted by atomic mass is 9.94. The van der Waals surface area contributed by atoms with Crippen molar-refractivity contribution in [1.29, 1.82) is 0 Å². The second kappa shape index (κ2) is 4.49. The molecule has 1 aromatic heterocycles. The summed E-state index contributed by atoms with van der Waals surface area (Å²) in [6.45, 7) is 1.17. The van der Waals surface area contributed by atoms with E-state index >= 15 is 0 Å². The molecular formula is C14H18N2O. The molecule has 1 fully saturated rings. The van der Waals surface area contributed by atoms with Crippen LogP contribution in [-0.4, -0.2) is 24.7 Å². The lowest BCUT2D eigenvalue weighted by molar-refractivity contribution is 0.348. The van der Waals surface area contributed by atoms with Gasteiger partial charge >= 0.3 is 0 Å². The fourth-order valence-electron chi connectivity index (χ4n) is 2.88. The van der Waals surface area contributed by atoms with Crippen molar-refractivity contribution >= 4 is 5.57 Å². The zero-order valence-corrected chi connectivity index (χ0v) is 10.1. The molecule has 0 spiro atoms. The summed E-state index contributed by atoms with van der Waals surface area (Å²) in [6.07, 6.45) is 9.85. The highest BCUT2D eigenvalue weighted by Crippen LogP contribution is 2.36. The van der Waals surface area contributed by atoms with Gasteiger partial charge in [-0.25, -0.2) is 0 Å². The third-order valence-electron chi connectivity index (χ3n) is 3.81. The summed E-state index contributed by atoms with van der Waals surface area (Å²) < 4.78 is 5.23. The van der Waals surface area contributed by atoms with Crippen LogP contribution >= 0.6 is 0 Å². The molecule has 17 heavy (non-hydrogen) atoms. The van der Waals surface area contributed by atoms with E-state index in [1.807, 2.05) is 6.20 Å². The molecule has 2 aliphatic rings. The SMILES string of the molecule is COc1cncc(C2=C[C@H]3CCCN[C@H]3C2)c1. The van der Waals surface area contributed by atoms with Crippen LogP contribution in [0.15, 0.2) is 24.5 Å². The topological polar surface area (TPSA) is 34.1 Å². The number of hydrogen-bond acceptors (Lipinski definition) is 3. The molecule has 3 nitrogen and oxygen atoms in total. The molecule has 0 amide bonds. The maximum absolute atomic E-state index is 5.23. The molecule has 0 saturated carbocycles. The van der Waals surface area contributed by atoms with E-state index in [1.54, 1.807) is 13.3 Å². The minimum absolute atomic E-state index is 0.643. The summed E-state index contributed by atoms with van der Waals surface area (Å²) in [6, 6.07) is 2.72. The van der Waals surface area contributed by atoms with Crippen LogP contribution in [0.5, 0.6) is 5.75 Å².